The molecule has 17 nitrogen and oxygen atoms in total. The first-order valence-electron chi connectivity index (χ1n) is 17.6. The summed E-state index contributed by atoms with van der Waals surface area (Å²) >= 11 is 0. The highest BCUT2D eigenvalue weighted by molar-refractivity contribution is 8.13. The maximum Gasteiger partial charge on any atom is 0.262 e. The van der Waals surface area contributed by atoms with Crippen LogP contribution in [0.4, 0.5) is 5.69 Å². The molecule has 0 saturated carbocycles. The second kappa shape index (κ2) is 16.7. The van der Waals surface area contributed by atoms with E-state index < -0.39 is 78.2 Å². The van der Waals surface area contributed by atoms with Crippen molar-refractivity contribution in [2.24, 2.45) is 0 Å². The molecule has 20 heteroatoms. The Morgan fingerprint density at radius 3 is 1.42 bits per heavy atom. The molecular weight excluding hydrogens is 830 g/mol. The number of anilines is 1. The number of nitrogens with one attached hydrogen (secondary N) is 2. The Kier molecular flexibility index (Phi) is 11.9. The number of nitrogens with zero attached hydrogens (tertiary/aromatic N) is 2. The molecule has 4 N–H and O–H groups in total. The number of benzene rings is 4. The average Bonchev–Trinajstić information content (AvgIpc) is 3.58. The van der Waals surface area contributed by atoms with Gasteiger partial charge in [0.1, 0.15) is 12.1 Å². The van der Waals surface area contributed by atoms with E-state index in [9.17, 15) is 55.2 Å². The molecule has 8 rings (SSSR count). The van der Waals surface area contributed by atoms with Crippen molar-refractivity contribution in [3.8, 4) is 0 Å². The lowest BCUT2D eigenvalue weighted by molar-refractivity contribution is -0.137. The molecular formula is C39H32ClN5O12S2. The van der Waals surface area contributed by atoms with Crippen molar-refractivity contribution in [2.75, 3.05) is 5.73 Å². The lowest BCUT2D eigenvalue weighted by atomic mass is 10.0. The Morgan fingerprint density at radius 2 is 0.983 bits per heavy atom. The van der Waals surface area contributed by atoms with Crippen LogP contribution in [-0.4, -0.2) is 86.0 Å². The number of imide groups is 4. The van der Waals surface area contributed by atoms with E-state index in [1.807, 2.05) is 0 Å². The predicted molar refractivity (Wildman–Crippen MR) is 207 cm³/mol. The molecule has 8 amide bonds. The molecule has 4 aliphatic heterocycles. The zero-order valence-corrected chi connectivity index (χ0v) is 32.9. The fourth-order valence-corrected chi connectivity index (χ4v) is 8.76. The largest absolute Gasteiger partial charge is 0.399 e. The summed E-state index contributed by atoms with van der Waals surface area (Å²) in [7, 11) is -2.12. The number of nitrogens with two attached hydrogens (primary N) is 1. The Bertz CT molecular complexity index is 2680. The van der Waals surface area contributed by atoms with Gasteiger partial charge in [0.25, 0.3) is 32.7 Å². The molecule has 2 saturated heterocycles. The minimum absolute atomic E-state index is 0.0321. The molecule has 304 valence electrons. The van der Waals surface area contributed by atoms with Gasteiger partial charge in [-0.15, -0.1) is 0 Å². The molecule has 4 aromatic carbocycles. The number of carbonyl (C=O) groups is 8. The highest BCUT2D eigenvalue weighted by Crippen LogP contribution is 2.30. The number of hydrogen-bond acceptors (Lipinski definition) is 13. The fraction of sp³-hybridized carbons (Fsp3) is 0.179. The maximum atomic E-state index is 12.8. The number of nitrogen functional groups attached to an aromatic ring is 1. The van der Waals surface area contributed by atoms with Crippen LogP contribution in [0, 0.1) is 0 Å². The van der Waals surface area contributed by atoms with E-state index in [-0.39, 0.29) is 63.5 Å². The summed E-state index contributed by atoms with van der Waals surface area (Å²) in [6, 6.07) is 22.5. The standard InChI is InChI=1S/C20H16N2O6S.C13H11N3O4.C6H5ClO2S/c23-17-9-8-16(18(24)21-17)22-19(25)14-7-6-12(10-15(14)20(22)26)11-29(27,28)13-4-2-1-3-5-13;14-6-1-2-7-8(5-6)13(20)16(12(7)19)9-3-4-10(17)15-11(9)18;7-10(8,9)6-4-2-1-3-5-6/h1-7,10,16H,8-9,11H2,(H,21,23,24);1-2,5,9H,3-4,14H2,(H,15,17,18);1-5H. The van der Waals surface area contributed by atoms with Crippen LogP contribution in [0.2, 0.25) is 0 Å². The smallest absolute Gasteiger partial charge is 0.262 e. The molecule has 0 spiro atoms. The van der Waals surface area contributed by atoms with Crippen molar-refractivity contribution in [3.05, 3.63) is 125 Å². The van der Waals surface area contributed by atoms with E-state index >= 15 is 0 Å². The van der Waals surface area contributed by atoms with Gasteiger partial charge in [-0.05, 0) is 73.0 Å². The van der Waals surface area contributed by atoms with Crippen LogP contribution >= 0.6 is 10.7 Å². The number of amides is 8. The predicted octanol–water partition coefficient (Wildman–Crippen LogP) is 2.35. The molecule has 4 heterocycles. The average molecular weight is 862 g/mol. The highest BCUT2D eigenvalue weighted by Gasteiger charge is 2.46. The van der Waals surface area contributed by atoms with E-state index in [1.54, 1.807) is 36.4 Å². The van der Waals surface area contributed by atoms with Crippen LogP contribution in [0.25, 0.3) is 0 Å². The molecule has 0 bridgehead atoms. The summed E-state index contributed by atoms with van der Waals surface area (Å²) in [5, 5.41) is 4.27. The molecule has 2 unspecified atom stereocenters. The first-order valence-corrected chi connectivity index (χ1v) is 21.6. The monoisotopic (exact) mass is 861 g/mol. The van der Waals surface area contributed by atoms with Gasteiger partial charge in [-0.3, -0.25) is 58.8 Å². The number of fused-ring (bicyclic) bond motifs is 2. The number of carbonyl (C=O) groups excluding carboxylic acids is 8. The van der Waals surface area contributed by atoms with E-state index in [0.29, 0.717) is 11.3 Å². The molecule has 2 atom stereocenters. The van der Waals surface area contributed by atoms with Crippen LogP contribution in [0.1, 0.15) is 72.7 Å². The number of rotatable bonds is 6. The van der Waals surface area contributed by atoms with Crippen LogP contribution in [-0.2, 0) is 43.8 Å². The van der Waals surface area contributed by atoms with E-state index in [2.05, 4.69) is 10.6 Å². The van der Waals surface area contributed by atoms with Gasteiger partial charge in [-0.1, -0.05) is 42.5 Å². The summed E-state index contributed by atoms with van der Waals surface area (Å²) in [5.74, 6) is -4.86. The van der Waals surface area contributed by atoms with Crippen molar-refractivity contribution in [1.82, 2.24) is 20.4 Å². The topological polar surface area (TPSA) is 261 Å². The third-order valence-electron chi connectivity index (χ3n) is 9.45. The lowest BCUT2D eigenvalue weighted by Crippen LogP contribution is -2.54. The number of hydrogen-bond donors (Lipinski definition) is 3. The minimum atomic E-state index is -3.62. The van der Waals surface area contributed by atoms with Crippen molar-refractivity contribution in [1.29, 1.82) is 0 Å². The van der Waals surface area contributed by atoms with Crippen molar-refractivity contribution in [3.63, 3.8) is 0 Å². The Morgan fingerprint density at radius 1 is 0.559 bits per heavy atom. The summed E-state index contributed by atoms with van der Waals surface area (Å²) in [6.07, 6.45) is 0.341. The Hall–Kier alpha value is -6.57. The Balaban J connectivity index is 0.000000168. The van der Waals surface area contributed by atoms with Gasteiger partial charge in [-0.2, -0.15) is 0 Å². The van der Waals surface area contributed by atoms with Gasteiger partial charge < -0.3 is 5.73 Å². The van der Waals surface area contributed by atoms with Crippen LogP contribution in [0.3, 0.4) is 0 Å². The number of sulfone groups is 1. The van der Waals surface area contributed by atoms with Gasteiger partial charge in [0.05, 0.1) is 37.8 Å². The first kappa shape index (κ1) is 42.0. The second-order valence-corrected chi connectivity index (χ2v) is 18.0. The zero-order chi connectivity index (χ0) is 42.8. The minimum Gasteiger partial charge on any atom is -0.399 e. The Labute approximate surface area is 340 Å². The van der Waals surface area contributed by atoms with Gasteiger partial charge in [-0.25, -0.2) is 16.8 Å². The van der Waals surface area contributed by atoms with E-state index in [1.165, 1.54) is 60.7 Å². The van der Waals surface area contributed by atoms with Crippen LogP contribution in [0.5, 0.6) is 0 Å². The van der Waals surface area contributed by atoms with Crippen molar-refractivity contribution in [2.45, 2.75) is 53.3 Å². The number of piperidine rings is 2. The molecule has 2 fully saturated rings. The summed E-state index contributed by atoms with van der Waals surface area (Å²) < 4.78 is 46.4. The first-order chi connectivity index (χ1) is 27.9. The normalized spacial score (nSPS) is 18.9. The van der Waals surface area contributed by atoms with Gasteiger partial charge in [0.2, 0.25) is 23.6 Å². The highest BCUT2D eigenvalue weighted by atomic mass is 35.7. The second-order valence-electron chi connectivity index (χ2n) is 13.4. The molecule has 4 aromatic rings. The van der Waals surface area contributed by atoms with E-state index in [0.717, 1.165) is 9.80 Å². The fourth-order valence-electron chi connectivity index (χ4n) is 6.61. The third kappa shape index (κ3) is 8.96. The summed E-state index contributed by atoms with van der Waals surface area (Å²) in [4.78, 5) is 98.4. The van der Waals surface area contributed by atoms with Gasteiger partial charge in [0, 0.05) is 29.2 Å². The molecule has 0 aliphatic carbocycles. The third-order valence-corrected chi connectivity index (χ3v) is 12.5. The summed E-state index contributed by atoms with van der Waals surface area (Å²) in [5.41, 5.74) is 6.92. The molecule has 0 aromatic heterocycles. The van der Waals surface area contributed by atoms with Gasteiger partial charge >= 0.3 is 0 Å². The van der Waals surface area contributed by atoms with Crippen molar-refractivity contribution >= 4 is 82.5 Å². The van der Waals surface area contributed by atoms with Gasteiger partial charge in [0.15, 0.2) is 9.84 Å². The lowest BCUT2D eigenvalue weighted by Gasteiger charge is -2.27. The molecule has 4 aliphatic rings. The quantitative estimate of drug-likeness (QED) is 0.143. The SMILES string of the molecule is Nc1ccc2c(c1)C(=O)N(C1CCC(=O)NC1=O)C2=O.O=C1CCC(N2C(=O)c3ccc(CS(=O)(=O)c4ccccc4)cc3C2=O)C(=O)N1.O=S(=O)(Cl)c1ccccc1. The molecule has 59 heavy (non-hydrogen) atoms. The maximum absolute atomic E-state index is 12.8. The zero-order valence-electron chi connectivity index (χ0n) is 30.5. The summed E-state index contributed by atoms with van der Waals surface area (Å²) in [6.45, 7) is 0. The van der Waals surface area contributed by atoms with Crippen molar-refractivity contribution < 1.29 is 55.2 Å². The molecule has 0 radical (unpaired) electrons. The number of halogens is 1. The van der Waals surface area contributed by atoms with Crippen LogP contribution in [0.15, 0.2) is 107 Å². The van der Waals surface area contributed by atoms with Crippen LogP contribution < -0.4 is 16.4 Å². The van der Waals surface area contributed by atoms with E-state index in [4.69, 9.17) is 16.4 Å².